The minimum Gasteiger partial charge on any atom is -0.497 e. The number of carboxylic acids is 1. The van der Waals surface area contributed by atoms with Crippen LogP contribution in [0.15, 0.2) is 24.3 Å². The van der Waals surface area contributed by atoms with Crippen LogP contribution in [0, 0.1) is 0 Å². The second-order valence-corrected chi connectivity index (χ2v) is 4.07. The molecule has 3 N–H and O–H groups in total. The highest BCUT2D eigenvalue weighted by atomic mass is 16.5. The number of rotatable bonds is 8. The summed E-state index contributed by atoms with van der Waals surface area (Å²) >= 11 is 0. The van der Waals surface area contributed by atoms with Gasteiger partial charge in [-0.3, -0.25) is 9.59 Å². The van der Waals surface area contributed by atoms with Gasteiger partial charge in [-0.25, -0.2) is 0 Å². The van der Waals surface area contributed by atoms with E-state index in [0.717, 1.165) is 5.56 Å². The molecule has 0 aliphatic heterocycles. The van der Waals surface area contributed by atoms with Crippen molar-refractivity contribution in [1.82, 2.24) is 5.48 Å². The summed E-state index contributed by atoms with van der Waals surface area (Å²) in [5.74, 6) is -1.05. The Labute approximate surface area is 116 Å². The predicted molar refractivity (Wildman–Crippen MR) is 68.4 cm³/mol. The molecule has 0 radical (unpaired) electrons. The molecule has 0 aromatic heterocycles. The number of benzene rings is 1. The minimum atomic E-state index is -1.23. The largest absolute Gasteiger partial charge is 0.497 e. The molecule has 1 atom stereocenters. The Kier molecular flexibility index (Phi) is 6.48. The van der Waals surface area contributed by atoms with Gasteiger partial charge in [0.2, 0.25) is 0 Å². The molecule has 0 amide bonds. The fourth-order valence-corrected chi connectivity index (χ4v) is 1.46. The first-order valence-corrected chi connectivity index (χ1v) is 5.97. The maximum atomic E-state index is 11.4. The van der Waals surface area contributed by atoms with Crippen LogP contribution in [0.4, 0.5) is 0 Å². The van der Waals surface area contributed by atoms with Gasteiger partial charge in [0.25, 0.3) is 0 Å². The monoisotopic (exact) mass is 283 g/mol. The molecule has 0 aliphatic rings. The third-order valence-corrected chi connectivity index (χ3v) is 2.65. The summed E-state index contributed by atoms with van der Waals surface area (Å²) in [6, 6.07) is 5.85. The number of carboxylic acid groups (broad SMARTS) is 1. The summed E-state index contributed by atoms with van der Waals surface area (Å²) in [4.78, 5) is 22.0. The molecule has 20 heavy (non-hydrogen) atoms. The average Bonchev–Trinajstić information content (AvgIpc) is 2.46. The second kappa shape index (κ2) is 8.13. The first kappa shape index (κ1) is 15.9. The highest BCUT2D eigenvalue weighted by Crippen LogP contribution is 2.12. The number of nitrogens with one attached hydrogen (secondary N) is 1. The lowest BCUT2D eigenvalue weighted by atomic mass is 10.2. The van der Waals surface area contributed by atoms with Crippen LogP contribution in [0.5, 0.6) is 5.75 Å². The molecule has 0 saturated heterocycles. The molecule has 0 spiro atoms. The van der Waals surface area contributed by atoms with E-state index in [0.29, 0.717) is 5.75 Å². The van der Waals surface area contributed by atoms with Crippen LogP contribution in [-0.4, -0.2) is 35.4 Å². The van der Waals surface area contributed by atoms with Gasteiger partial charge in [0.15, 0.2) is 0 Å². The highest BCUT2D eigenvalue weighted by Gasteiger charge is 2.17. The van der Waals surface area contributed by atoms with Crippen LogP contribution in [0.2, 0.25) is 0 Å². The van der Waals surface area contributed by atoms with Crippen molar-refractivity contribution in [3.05, 3.63) is 29.8 Å². The molecule has 7 nitrogen and oxygen atoms in total. The molecule has 110 valence electrons. The maximum Gasteiger partial charge on any atom is 0.323 e. The third-order valence-electron chi connectivity index (χ3n) is 2.65. The van der Waals surface area contributed by atoms with Gasteiger partial charge in [-0.15, -0.1) is 0 Å². The van der Waals surface area contributed by atoms with Crippen LogP contribution in [-0.2, 0) is 20.9 Å². The zero-order valence-corrected chi connectivity index (χ0v) is 11.0. The van der Waals surface area contributed by atoms with Crippen molar-refractivity contribution in [2.24, 2.45) is 0 Å². The Balaban J connectivity index is 2.33. The topological polar surface area (TPSA) is 105 Å². The van der Waals surface area contributed by atoms with Gasteiger partial charge in [0.05, 0.1) is 7.11 Å². The van der Waals surface area contributed by atoms with Crippen LogP contribution in [0.1, 0.15) is 18.4 Å². The predicted octanol–water partition coefficient (Wildman–Crippen LogP) is 0.951. The molecule has 0 heterocycles. The second-order valence-electron chi connectivity index (χ2n) is 4.07. The fraction of sp³-hybridized carbons (Fsp3) is 0.385. The fourth-order valence-electron chi connectivity index (χ4n) is 1.46. The number of carbonyl (C=O) groups excluding carboxylic acids is 1. The van der Waals surface area contributed by atoms with Gasteiger partial charge in [0, 0.05) is 6.42 Å². The zero-order valence-electron chi connectivity index (χ0n) is 11.0. The van der Waals surface area contributed by atoms with Gasteiger partial charge in [-0.2, -0.15) is 5.48 Å². The molecular weight excluding hydrogens is 266 g/mol. The van der Waals surface area contributed by atoms with Crippen LogP contribution >= 0.6 is 0 Å². The van der Waals surface area contributed by atoms with E-state index >= 15 is 0 Å². The van der Waals surface area contributed by atoms with Crippen molar-refractivity contribution in [1.29, 1.82) is 0 Å². The number of hydroxylamine groups is 1. The summed E-state index contributed by atoms with van der Waals surface area (Å²) in [6.45, 7) is 0.104. The van der Waals surface area contributed by atoms with E-state index in [1.807, 2.05) is 0 Å². The summed E-state index contributed by atoms with van der Waals surface area (Å²) < 4.78 is 9.99. The smallest absolute Gasteiger partial charge is 0.323 e. The SMILES string of the molecule is COc1ccc(COC(=O)CC[C@H](NO)C(=O)O)cc1. The first-order chi connectivity index (χ1) is 9.56. The lowest BCUT2D eigenvalue weighted by Crippen LogP contribution is -2.34. The highest BCUT2D eigenvalue weighted by molar-refractivity contribution is 5.75. The van der Waals surface area contributed by atoms with E-state index in [4.69, 9.17) is 19.8 Å². The van der Waals surface area contributed by atoms with Crippen LogP contribution < -0.4 is 10.2 Å². The number of carbonyl (C=O) groups is 2. The average molecular weight is 283 g/mol. The molecular formula is C13H17NO6. The van der Waals surface area contributed by atoms with Crippen molar-refractivity contribution < 1.29 is 29.4 Å². The van der Waals surface area contributed by atoms with Crippen molar-refractivity contribution in [2.75, 3.05) is 7.11 Å². The molecule has 0 fully saturated rings. The number of esters is 1. The third kappa shape index (κ3) is 5.25. The summed E-state index contributed by atoms with van der Waals surface area (Å²) in [6.07, 6.45) is -0.145. The minimum absolute atomic E-state index is 0.0483. The standard InChI is InChI=1S/C13H17NO6/c1-19-10-4-2-9(3-5-10)8-20-12(15)7-6-11(14-18)13(16)17/h2-5,11,14,18H,6-8H2,1H3,(H,16,17)/t11-/m0/s1. The molecule has 0 unspecified atom stereocenters. The maximum absolute atomic E-state index is 11.4. The van der Waals surface area contributed by atoms with Crippen molar-refractivity contribution in [3.63, 3.8) is 0 Å². The van der Waals surface area contributed by atoms with E-state index in [9.17, 15) is 9.59 Å². The number of aliphatic carboxylic acids is 1. The Morgan fingerprint density at radius 3 is 2.45 bits per heavy atom. The van der Waals surface area contributed by atoms with E-state index < -0.39 is 18.0 Å². The van der Waals surface area contributed by atoms with Crippen molar-refractivity contribution in [3.8, 4) is 5.75 Å². The lowest BCUT2D eigenvalue weighted by Gasteiger charge is -2.09. The quantitative estimate of drug-likeness (QED) is 0.482. The molecule has 7 heteroatoms. The van der Waals surface area contributed by atoms with Gasteiger partial charge in [-0.1, -0.05) is 12.1 Å². The molecule has 0 bridgehead atoms. The normalized spacial score (nSPS) is 11.7. The van der Waals surface area contributed by atoms with E-state index in [2.05, 4.69) is 0 Å². The Morgan fingerprint density at radius 1 is 1.30 bits per heavy atom. The number of hydrogen-bond acceptors (Lipinski definition) is 6. The molecule has 1 aromatic carbocycles. The van der Waals surface area contributed by atoms with E-state index in [-0.39, 0.29) is 19.4 Å². The number of hydrogen-bond donors (Lipinski definition) is 3. The number of ether oxygens (including phenoxy) is 2. The first-order valence-electron chi connectivity index (χ1n) is 5.97. The van der Waals surface area contributed by atoms with Crippen molar-refractivity contribution in [2.45, 2.75) is 25.5 Å². The van der Waals surface area contributed by atoms with E-state index in [1.165, 1.54) is 0 Å². The summed E-state index contributed by atoms with van der Waals surface area (Å²) in [7, 11) is 1.56. The zero-order chi connectivity index (χ0) is 15.0. The Bertz CT molecular complexity index is 445. The summed E-state index contributed by atoms with van der Waals surface area (Å²) in [5, 5.41) is 17.2. The lowest BCUT2D eigenvalue weighted by molar-refractivity contribution is -0.146. The summed E-state index contributed by atoms with van der Waals surface area (Å²) in [5.41, 5.74) is 2.42. The van der Waals surface area contributed by atoms with E-state index in [1.54, 1.807) is 36.9 Å². The Hall–Kier alpha value is -2.12. The van der Waals surface area contributed by atoms with Gasteiger partial charge in [-0.05, 0) is 24.1 Å². The van der Waals surface area contributed by atoms with Crippen molar-refractivity contribution >= 4 is 11.9 Å². The van der Waals surface area contributed by atoms with Gasteiger partial charge in [0.1, 0.15) is 18.4 Å². The number of methoxy groups -OCH3 is 1. The molecule has 1 aromatic rings. The van der Waals surface area contributed by atoms with Gasteiger partial charge >= 0.3 is 11.9 Å². The molecule has 1 rings (SSSR count). The Morgan fingerprint density at radius 2 is 1.95 bits per heavy atom. The molecule has 0 aliphatic carbocycles. The molecule has 0 saturated carbocycles. The van der Waals surface area contributed by atoms with Gasteiger partial charge < -0.3 is 19.8 Å². The van der Waals surface area contributed by atoms with Crippen LogP contribution in [0.25, 0.3) is 0 Å². The van der Waals surface area contributed by atoms with Crippen LogP contribution in [0.3, 0.4) is 0 Å².